The van der Waals surface area contributed by atoms with E-state index in [0.29, 0.717) is 22.5 Å². The van der Waals surface area contributed by atoms with Gasteiger partial charge in [-0.05, 0) is 129 Å². The van der Waals surface area contributed by atoms with E-state index in [2.05, 4.69) is 23.7 Å². The molecule has 0 bridgehead atoms. The number of hydrogen-bond donors (Lipinski definition) is 0. The molecule has 0 unspecified atom stereocenters. The van der Waals surface area contributed by atoms with Gasteiger partial charge in [0.2, 0.25) is 0 Å². The number of carbonyl (C=O) groups excluding carboxylic acids is 4. The number of imide groups is 2. The van der Waals surface area contributed by atoms with Gasteiger partial charge in [0, 0.05) is 11.1 Å². The number of halogens is 3. The minimum Gasteiger partial charge on any atom is -0.457 e. The molecule has 2 heterocycles. The van der Waals surface area contributed by atoms with E-state index >= 15 is 0 Å². The summed E-state index contributed by atoms with van der Waals surface area (Å²) < 4.78 is 56.9. The van der Waals surface area contributed by atoms with E-state index < -0.39 is 35.2 Å². The highest BCUT2D eigenvalue weighted by Gasteiger charge is 2.53. The Kier molecular flexibility index (Phi) is 9.82. The highest BCUT2D eigenvalue weighted by molar-refractivity contribution is 6.35. The first-order valence-electron chi connectivity index (χ1n) is 18.6. The van der Waals surface area contributed by atoms with Crippen molar-refractivity contribution in [2.24, 2.45) is 0 Å². The summed E-state index contributed by atoms with van der Waals surface area (Å²) in [6.07, 6.45) is -4.72. The number of ether oxygens (including phenoxy) is 2. The fourth-order valence-electron chi connectivity index (χ4n) is 7.25. The number of amides is 4. The topological polar surface area (TPSA) is 93.2 Å². The molecule has 294 valence electrons. The van der Waals surface area contributed by atoms with Crippen LogP contribution in [0, 0.1) is 23.7 Å². The van der Waals surface area contributed by atoms with Crippen molar-refractivity contribution in [3.8, 4) is 46.7 Å². The monoisotopic (exact) mass is 800 g/mol. The lowest BCUT2D eigenvalue weighted by Crippen LogP contribution is -2.40. The summed E-state index contributed by atoms with van der Waals surface area (Å²) in [5.74, 6) is 10.2. The predicted molar refractivity (Wildman–Crippen MR) is 219 cm³/mol. The van der Waals surface area contributed by atoms with Gasteiger partial charge >= 0.3 is 6.18 Å². The number of carbonyl (C=O) groups is 4. The van der Waals surface area contributed by atoms with Gasteiger partial charge < -0.3 is 9.47 Å². The number of benzene rings is 6. The number of nitrogens with zero attached hydrogens (tertiary/aromatic N) is 2. The molecule has 6 aromatic carbocycles. The molecule has 11 heteroatoms. The van der Waals surface area contributed by atoms with Crippen LogP contribution in [0.5, 0.6) is 23.0 Å². The molecule has 0 atom stereocenters. The lowest BCUT2D eigenvalue weighted by molar-refractivity contribution is -0.173. The third kappa shape index (κ3) is 6.82. The van der Waals surface area contributed by atoms with Gasteiger partial charge in [0.25, 0.3) is 23.6 Å². The molecular formula is C49H31F3N2O6. The number of fused-ring (bicyclic) bond motifs is 2. The van der Waals surface area contributed by atoms with E-state index in [4.69, 9.17) is 9.47 Å². The van der Waals surface area contributed by atoms with Gasteiger partial charge in [-0.2, -0.15) is 13.2 Å². The van der Waals surface area contributed by atoms with E-state index in [0.717, 1.165) is 16.7 Å². The average molecular weight is 801 g/mol. The molecule has 0 aromatic heterocycles. The van der Waals surface area contributed by atoms with Crippen LogP contribution >= 0.6 is 0 Å². The zero-order valence-electron chi connectivity index (χ0n) is 32.2. The summed E-state index contributed by atoms with van der Waals surface area (Å²) in [6, 6.07) is 33.3. The summed E-state index contributed by atoms with van der Waals surface area (Å²) in [7, 11) is 0. The summed E-state index contributed by atoms with van der Waals surface area (Å²) in [5, 5.41) is 0. The van der Waals surface area contributed by atoms with Crippen LogP contribution in [0.3, 0.4) is 0 Å². The summed E-state index contributed by atoms with van der Waals surface area (Å²) in [5.41, 5.74) is 0.114. The number of alkyl halides is 3. The molecule has 6 aromatic rings. The van der Waals surface area contributed by atoms with Crippen molar-refractivity contribution in [2.75, 3.05) is 9.80 Å². The second kappa shape index (κ2) is 15.1. The normalized spacial score (nSPS) is 13.3. The Morgan fingerprint density at radius 1 is 0.467 bits per heavy atom. The van der Waals surface area contributed by atoms with Crippen LogP contribution in [0.25, 0.3) is 0 Å². The maximum atomic E-state index is 15.0. The highest BCUT2D eigenvalue weighted by atomic mass is 19.4. The van der Waals surface area contributed by atoms with Crippen molar-refractivity contribution in [1.29, 1.82) is 0 Å². The average Bonchev–Trinajstić information content (AvgIpc) is 3.63. The van der Waals surface area contributed by atoms with E-state index in [-0.39, 0.29) is 56.4 Å². The quantitative estimate of drug-likeness (QED) is 0.112. The fraction of sp³-hybridized carbons (Fsp3) is 0.102. The Morgan fingerprint density at radius 2 is 0.833 bits per heavy atom. The van der Waals surface area contributed by atoms with Crippen LogP contribution in [-0.4, -0.2) is 29.8 Å². The second-order valence-electron chi connectivity index (χ2n) is 14.0. The van der Waals surface area contributed by atoms with E-state index in [1.165, 1.54) is 84.9 Å². The van der Waals surface area contributed by atoms with Gasteiger partial charge in [-0.3, -0.25) is 19.2 Å². The third-order valence-electron chi connectivity index (χ3n) is 10.4. The van der Waals surface area contributed by atoms with Gasteiger partial charge in [0.05, 0.1) is 33.6 Å². The molecule has 2 aliphatic heterocycles. The van der Waals surface area contributed by atoms with Crippen LogP contribution in [0.15, 0.2) is 133 Å². The molecule has 8 nitrogen and oxygen atoms in total. The Balaban J connectivity index is 0.981. The van der Waals surface area contributed by atoms with Crippen molar-refractivity contribution >= 4 is 35.0 Å². The molecule has 60 heavy (non-hydrogen) atoms. The van der Waals surface area contributed by atoms with Crippen LogP contribution in [-0.2, 0) is 5.41 Å². The van der Waals surface area contributed by atoms with E-state index in [1.54, 1.807) is 62.4 Å². The molecule has 0 radical (unpaired) electrons. The molecule has 8 rings (SSSR count). The van der Waals surface area contributed by atoms with Crippen LogP contribution in [0.1, 0.15) is 84.5 Å². The maximum absolute atomic E-state index is 15.0. The minimum atomic E-state index is -4.72. The Bertz CT molecular complexity index is 2710. The minimum absolute atomic E-state index is 0.0602. The Hall–Kier alpha value is -7.89. The van der Waals surface area contributed by atoms with Gasteiger partial charge in [-0.25, -0.2) is 9.80 Å². The van der Waals surface area contributed by atoms with E-state index in [9.17, 15) is 32.3 Å². The van der Waals surface area contributed by atoms with Gasteiger partial charge in [0.15, 0.2) is 0 Å². The van der Waals surface area contributed by atoms with Crippen molar-refractivity contribution in [3.05, 3.63) is 178 Å². The molecule has 0 saturated carbocycles. The SMILES string of the molecule is CC#Cc1cccc(N2C(=O)c3ccc(Oc4ccc(C(C)(c5ccc(Oc6ccc7c(c6)C(=O)N(c6cccc(C#CC)c6)C7=O)cc5)C(F)(F)F)cc4)cc3C2=O)c1. The fourth-order valence-corrected chi connectivity index (χ4v) is 7.25. The largest absolute Gasteiger partial charge is 0.457 e. The maximum Gasteiger partial charge on any atom is 0.402 e. The molecule has 0 aliphatic carbocycles. The van der Waals surface area contributed by atoms with E-state index in [1.807, 2.05) is 0 Å². The molecule has 2 aliphatic rings. The van der Waals surface area contributed by atoms with Gasteiger partial charge in [-0.15, -0.1) is 11.8 Å². The van der Waals surface area contributed by atoms with Crippen molar-refractivity contribution < 1.29 is 41.8 Å². The van der Waals surface area contributed by atoms with Crippen LogP contribution in [0.4, 0.5) is 24.5 Å². The molecule has 0 fully saturated rings. The van der Waals surface area contributed by atoms with Crippen molar-refractivity contribution in [1.82, 2.24) is 0 Å². The first kappa shape index (κ1) is 39.0. The lowest BCUT2D eigenvalue weighted by Gasteiger charge is -2.33. The van der Waals surface area contributed by atoms with Crippen LogP contribution in [0.2, 0.25) is 0 Å². The molecule has 0 spiro atoms. The predicted octanol–water partition coefficient (Wildman–Crippen LogP) is 10.5. The highest BCUT2D eigenvalue weighted by Crippen LogP contribution is 2.47. The summed E-state index contributed by atoms with van der Waals surface area (Å²) in [4.78, 5) is 55.3. The molecule has 0 saturated heterocycles. The van der Waals surface area contributed by atoms with Crippen LogP contribution < -0.4 is 19.3 Å². The Labute approximate surface area is 342 Å². The van der Waals surface area contributed by atoms with Crippen molar-refractivity contribution in [3.63, 3.8) is 0 Å². The third-order valence-corrected chi connectivity index (χ3v) is 10.4. The second-order valence-corrected chi connectivity index (χ2v) is 14.0. The summed E-state index contributed by atoms with van der Waals surface area (Å²) >= 11 is 0. The molecule has 0 N–H and O–H groups in total. The lowest BCUT2D eigenvalue weighted by atomic mass is 9.75. The molecular weight excluding hydrogens is 770 g/mol. The van der Waals surface area contributed by atoms with Gasteiger partial charge in [-0.1, -0.05) is 48.2 Å². The summed E-state index contributed by atoms with van der Waals surface area (Å²) in [6.45, 7) is 4.45. The Morgan fingerprint density at radius 3 is 1.20 bits per heavy atom. The molecule has 4 amide bonds. The van der Waals surface area contributed by atoms with Crippen molar-refractivity contribution in [2.45, 2.75) is 32.4 Å². The zero-order valence-corrected chi connectivity index (χ0v) is 32.2. The zero-order chi connectivity index (χ0) is 42.3. The first-order valence-corrected chi connectivity index (χ1v) is 18.6. The van der Waals surface area contributed by atoms with Gasteiger partial charge in [0.1, 0.15) is 28.4 Å². The smallest absolute Gasteiger partial charge is 0.402 e. The standard InChI is InChI=1S/C49H31F3N2O6/c1-4-8-30-10-6-12-34(26-30)53-44(55)40-24-22-38(28-42(40)46(53)57)59-36-18-14-32(15-19-36)48(3,49(50,51)52)33-16-20-37(21-17-33)60-39-23-25-41-43(29-39)47(58)54(45(41)56)35-13-7-11-31(27-35)9-5-2/h6-7,10-29H,1-3H3. The number of rotatable bonds is 8. The first-order chi connectivity index (χ1) is 28.8. The number of anilines is 2. The number of hydrogen-bond acceptors (Lipinski definition) is 6.